The zero-order valence-electron chi connectivity index (χ0n) is 10.8. The Bertz CT molecular complexity index is 722. The highest BCUT2D eigenvalue weighted by molar-refractivity contribution is 9.10. The molecule has 3 N–H and O–H groups in total. The van der Waals surface area contributed by atoms with E-state index >= 15 is 0 Å². The molecular formula is C15H15BrN4. The molecule has 1 aromatic carbocycles. The molecule has 1 atom stereocenters. The van der Waals surface area contributed by atoms with Gasteiger partial charge in [-0.25, -0.2) is 4.52 Å². The molecule has 0 saturated heterocycles. The van der Waals surface area contributed by atoms with Crippen LogP contribution in [0, 0.1) is 0 Å². The smallest absolute Gasteiger partial charge is 0.0710 e. The monoisotopic (exact) mass is 330 g/mol. The number of aromatic nitrogens is 2. The third kappa shape index (κ3) is 2.47. The zero-order chi connectivity index (χ0) is 13.9. The molecule has 2 heterocycles. The van der Waals surface area contributed by atoms with Gasteiger partial charge in [0.25, 0.3) is 0 Å². The summed E-state index contributed by atoms with van der Waals surface area (Å²) in [6.07, 6.45) is 4.61. The first kappa shape index (κ1) is 13.3. The van der Waals surface area contributed by atoms with E-state index in [1.54, 1.807) is 0 Å². The number of rotatable bonds is 4. The van der Waals surface area contributed by atoms with E-state index in [0.717, 1.165) is 22.0 Å². The number of benzene rings is 1. The van der Waals surface area contributed by atoms with Gasteiger partial charge in [0.05, 0.1) is 17.8 Å². The van der Waals surface area contributed by atoms with Crippen LogP contribution in [-0.2, 0) is 6.42 Å². The van der Waals surface area contributed by atoms with Crippen molar-refractivity contribution in [3.05, 3.63) is 70.5 Å². The Morgan fingerprint density at radius 2 is 2.00 bits per heavy atom. The highest BCUT2D eigenvalue weighted by Gasteiger charge is 2.16. The Hall–Kier alpha value is -1.69. The summed E-state index contributed by atoms with van der Waals surface area (Å²) >= 11 is 3.58. The lowest BCUT2D eigenvalue weighted by molar-refractivity contribution is 0.554. The Labute approximate surface area is 125 Å². The van der Waals surface area contributed by atoms with Gasteiger partial charge < -0.3 is 0 Å². The van der Waals surface area contributed by atoms with Crippen LogP contribution in [0.5, 0.6) is 0 Å². The summed E-state index contributed by atoms with van der Waals surface area (Å²) in [5.41, 5.74) is 6.28. The van der Waals surface area contributed by atoms with Crippen LogP contribution >= 0.6 is 15.9 Å². The SMILES string of the molecule is NNC(Cc1ccccc1Br)c1cnn2ccccc12. The van der Waals surface area contributed by atoms with E-state index in [9.17, 15) is 0 Å². The van der Waals surface area contributed by atoms with Gasteiger partial charge in [0.15, 0.2) is 0 Å². The molecule has 20 heavy (non-hydrogen) atoms. The van der Waals surface area contributed by atoms with E-state index in [-0.39, 0.29) is 6.04 Å². The van der Waals surface area contributed by atoms with Crippen molar-refractivity contribution in [2.45, 2.75) is 12.5 Å². The van der Waals surface area contributed by atoms with Crippen LogP contribution in [0.3, 0.4) is 0 Å². The summed E-state index contributed by atoms with van der Waals surface area (Å²) in [6.45, 7) is 0. The second kappa shape index (κ2) is 5.75. The minimum atomic E-state index is 0.0219. The van der Waals surface area contributed by atoms with Crippen molar-refractivity contribution in [1.82, 2.24) is 15.0 Å². The standard InChI is InChI=1S/C15H15BrN4/c16-13-6-2-1-5-11(13)9-14(19-17)12-10-18-20-8-4-3-7-15(12)20/h1-8,10,14,19H,9,17H2. The lowest BCUT2D eigenvalue weighted by Gasteiger charge is -2.16. The molecule has 2 aromatic heterocycles. The van der Waals surface area contributed by atoms with Gasteiger partial charge >= 0.3 is 0 Å². The fourth-order valence-corrected chi connectivity index (χ4v) is 2.81. The van der Waals surface area contributed by atoms with Crippen LogP contribution in [0.2, 0.25) is 0 Å². The summed E-state index contributed by atoms with van der Waals surface area (Å²) in [6, 6.07) is 14.2. The van der Waals surface area contributed by atoms with E-state index in [0.29, 0.717) is 0 Å². The number of nitrogens with one attached hydrogen (secondary N) is 1. The molecule has 3 rings (SSSR count). The summed E-state index contributed by atoms with van der Waals surface area (Å²) < 4.78 is 2.96. The molecule has 0 aliphatic rings. The van der Waals surface area contributed by atoms with Crippen LogP contribution in [0.15, 0.2) is 59.3 Å². The Kier molecular flexibility index (Phi) is 3.82. The molecule has 1 unspecified atom stereocenters. The number of fused-ring (bicyclic) bond motifs is 1. The van der Waals surface area contributed by atoms with Gasteiger partial charge in [-0.1, -0.05) is 40.2 Å². The molecule has 0 bridgehead atoms. The predicted octanol–water partition coefficient (Wildman–Crippen LogP) is 2.84. The normalized spacial score (nSPS) is 12.7. The second-order valence-corrected chi connectivity index (χ2v) is 5.50. The van der Waals surface area contributed by atoms with Crippen molar-refractivity contribution in [1.29, 1.82) is 0 Å². The fourth-order valence-electron chi connectivity index (χ4n) is 2.37. The predicted molar refractivity (Wildman–Crippen MR) is 83.1 cm³/mol. The molecule has 0 radical (unpaired) electrons. The van der Waals surface area contributed by atoms with Crippen molar-refractivity contribution in [2.24, 2.45) is 5.84 Å². The van der Waals surface area contributed by atoms with Gasteiger partial charge in [0.2, 0.25) is 0 Å². The molecule has 0 amide bonds. The Balaban J connectivity index is 1.96. The molecule has 0 spiro atoms. The molecule has 5 heteroatoms. The number of hydrogen-bond acceptors (Lipinski definition) is 3. The van der Waals surface area contributed by atoms with Crippen molar-refractivity contribution in [2.75, 3.05) is 0 Å². The summed E-state index contributed by atoms with van der Waals surface area (Å²) in [5, 5.41) is 4.36. The second-order valence-electron chi connectivity index (χ2n) is 4.65. The Morgan fingerprint density at radius 3 is 2.80 bits per heavy atom. The number of pyridine rings is 1. The number of nitrogens with zero attached hydrogens (tertiary/aromatic N) is 2. The van der Waals surface area contributed by atoms with Crippen molar-refractivity contribution >= 4 is 21.4 Å². The largest absolute Gasteiger partial charge is 0.271 e. The highest BCUT2D eigenvalue weighted by atomic mass is 79.9. The first-order chi connectivity index (χ1) is 9.79. The molecule has 0 aliphatic heterocycles. The Morgan fingerprint density at radius 1 is 1.20 bits per heavy atom. The van der Waals surface area contributed by atoms with Crippen LogP contribution < -0.4 is 11.3 Å². The van der Waals surface area contributed by atoms with E-state index in [4.69, 9.17) is 5.84 Å². The first-order valence-corrected chi connectivity index (χ1v) is 7.20. The third-order valence-corrected chi connectivity index (χ3v) is 4.19. The summed E-state index contributed by atoms with van der Waals surface area (Å²) in [4.78, 5) is 0. The third-order valence-electron chi connectivity index (χ3n) is 3.41. The fraction of sp³-hybridized carbons (Fsp3) is 0.133. The lowest BCUT2D eigenvalue weighted by atomic mass is 10.0. The summed E-state index contributed by atoms with van der Waals surface area (Å²) in [5.74, 6) is 5.75. The van der Waals surface area contributed by atoms with Crippen molar-refractivity contribution in [3.8, 4) is 0 Å². The first-order valence-electron chi connectivity index (χ1n) is 6.41. The maximum Gasteiger partial charge on any atom is 0.0710 e. The number of hydrogen-bond donors (Lipinski definition) is 2. The average Bonchev–Trinajstić information content (AvgIpc) is 2.90. The summed E-state index contributed by atoms with van der Waals surface area (Å²) in [7, 11) is 0. The maximum atomic E-state index is 5.75. The van der Waals surface area contributed by atoms with Crippen molar-refractivity contribution in [3.63, 3.8) is 0 Å². The van der Waals surface area contributed by atoms with Crippen molar-refractivity contribution < 1.29 is 0 Å². The molecule has 0 saturated carbocycles. The quantitative estimate of drug-likeness (QED) is 0.571. The topological polar surface area (TPSA) is 55.3 Å². The minimum Gasteiger partial charge on any atom is -0.271 e. The molecule has 102 valence electrons. The number of nitrogens with two attached hydrogens (primary N) is 1. The van der Waals surface area contributed by atoms with E-state index < -0.39 is 0 Å². The molecule has 4 nitrogen and oxygen atoms in total. The zero-order valence-corrected chi connectivity index (χ0v) is 12.4. The molecular weight excluding hydrogens is 316 g/mol. The molecule has 3 aromatic rings. The van der Waals surface area contributed by atoms with Crippen LogP contribution in [0.25, 0.3) is 5.52 Å². The average molecular weight is 331 g/mol. The van der Waals surface area contributed by atoms with Crippen LogP contribution in [-0.4, -0.2) is 9.61 Å². The van der Waals surface area contributed by atoms with E-state index in [1.807, 2.05) is 53.3 Å². The molecule has 0 fully saturated rings. The van der Waals surface area contributed by atoms with E-state index in [2.05, 4.69) is 32.5 Å². The van der Waals surface area contributed by atoms with E-state index in [1.165, 1.54) is 5.56 Å². The van der Waals surface area contributed by atoms with Gasteiger partial charge in [-0.3, -0.25) is 11.3 Å². The number of hydrazine groups is 1. The maximum absolute atomic E-state index is 5.75. The van der Waals surface area contributed by atoms with Gasteiger partial charge in [-0.2, -0.15) is 5.10 Å². The van der Waals surface area contributed by atoms with Gasteiger partial charge in [0.1, 0.15) is 0 Å². The van der Waals surface area contributed by atoms with Gasteiger partial charge in [-0.05, 0) is 30.2 Å². The minimum absolute atomic E-state index is 0.0219. The number of halogens is 1. The van der Waals surface area contributed by atoms with Gasteiger partial charge in [-0.15, -0.1) is 0 Å². The lowest BCUT2D eigenvalue weighted by Crippen LogP contribution is -2.29. The van der Waals surface area contributed by atoms with Crippen LogP contribution in [0.1, 0.15) is 17.2 Å². The molecule has 0 aliphatic carbocycles. The highest BCUT2D eigenvalue weighted by Crippen LogP contribution is 2.25. The van der Waals surface area contributed by atoms with Gasteiger partial charge in [0, 0.05) is 16.2 Å². The van der Waals surface area contributed by atoms with Crippen LogP contribution in [0.4, 0.5) is 0 Å².